The third-order valence-corrected chi connectivity index (χ3v) is 17.1. The molecule has 4 heterocycles. The first-order chi connectivity index (χ1) is 37.5. The lowest BCUT2D eigenvalue weighted by molar-refractivity contribution is -0.133. The number of benzene rings is 2. The molecule has 2 amide bonds. The number of aliphatic hydroxyl groups is 2. The first kappa shape index (κ1) is 60.6. The lowest BCUT2D eigenvalue weighted by Crippen LogP contribution is -2.56. The van der Waals surface area contributed by atoms with Crippen LogP contribution in [0.1, 0.15) is 160 Å². The number of aliphatic hydroxyl groups excluding tert-OH is 2. The van der Waals surface area contributed by atoms with Crippen molar-refractivity contribution in [1.29, 1.82) is 0 Å². The maximum Gasteiger partial charge on any atom is 0.266 e. The standard InChI is InChI=1S/C65H84N4O5S3/c1-9-17-21-54-56(23-19-11-3)60(76-58(54)37-29-47-25-31-50(32-26-47)66(13-5)41-43-70)39-35-52-45-49(62-63(72)68(15-7)65(75)69(16-8)64(62)73)46-53(74-52)36-40-61-57(24-20-12-4)55(22-18-10-2)59(77-61)38-30-48-27-33-51(34-28-48)67(14-6)42-44-71/h25-40,45-46,70-71H,9-24,41-44H2,1-8H3/b37-29+,38-30+,39-35+,40-36+. The molecule has 0 atom stereocenters. The molecule has 0 aliphatic carbocycles. The number of anilines is 2. The van der Waals surface area contributed by atoms with Crippen molar-refractivity contribution in [2.75, 3.05) is 62.3 Å². The highest BCUT2D eigenvalue weighted by molar-refractivity contribution is 7.80. The zero-order valence-corrected chi connectivity index (χ0v) is 49.6. The number of nitrogens with zero attached hydrogens (tertiary/aromatic N) is 4. The molecule has 6 rings (SSSR count). The molecular weight excluding hydrogens is 1010 g/mol. The zero-order chi connectivity index (χ0) is 55.3. The summed E-state index contributed by atoms with van der Waals surface area (Å²) in [6.07, 6.45) is 33.5. The second kappa shape index (κ2) is 31.1. The minimum Gasteiger partial charge on any atom is -0.457 e. The topological polar surface area (TPSA) is 96.8 Å². The average Bonchev–Trinajstić information content (AvgIpc) is 3.96. The van der Waals surface area contributed by atoms with Gasteiger partial charge < -0.3 is 24.7 Å². The van der Waals surface area contributed by atoms with E-state index >= 15 is 0 Å². The van der Waals surface area contributed by atoms with Gasteiger partial charge in [0.05, 0.1) is 13.2 Å². The maximum absolute atomic E-state index is 14.3. The second-order valence-electron chi connectivity index (χ2n) is 19.5. The van der Waals surface area contributed by atoms with Crippen molar-refractivity contribution < 1.29 is 24.5 Å². The van der Waals surface area contributed by atoms with Crippen molar-refractivity contribution in [3.63, 3.8) is 0 Å². The molecule has 412 valence electrons. The molecule has 0 saturated carbocycles. The van der Waals surface area contributed by atoms with Crippen LogP contribution in [0.4, 0.5) is 11.4 Å². The number of thiophene rings is 2. The fourth-order valence-electron chi connectivity index (χ4n) is 9.90. The summed E-state index contributed by atoms with van der Waals surface area (Å²) in [4.78, 5) is 40.9. The van der Waals surface area contributed by atoms with E-state index in [2.05, 4.69) is 136 Å². The normalized spacial score (nSPS) is 14.4. The predicted molar refractivity (Wildman–Crippen MR) is 333 cm³/mol. The summed E-state index contributed by atoms with van der Waals surface area (Å²) in [5.74, 6) is 0.269. The van der Waals surface area contributed by atoms with Crippen molar-refractivity contribution >= 4 is 99.6 Å². The van der Waals surface area contributed by atoms with E-state index in [0.717, 1.165) is 113 Å². The van der Waals surface area contributed by atoms with Gasteiger partial charge in [0, 0.05) is 75.7 Å². The molecule has 2 aromatic carbocycles. The van der Waals surface area contributed by atoms with Gasteiger partial charge in [0.1, 0.15) is 17.1 Å². The molecule has 2 N–H and O–H groups in total. The summed E-state index contributed by atoms with van der Waals surface area (Å²) >= 11 is 9.28. The average molecular weight is 1100 g/mol. The molecular formula is C65H84N4O5S3. The van der Waals surface area contributed by atoms with E-state index in [-0.39, 0.29) is 23.9 Å². The lowest BCUT2D eigenvalue weighted by atomic mass is 9.97. The van der Waals surface area contributed by atoms with Crippen LogP contribution in [-0.2, 0) is 40.0 Å². The van der Waals surface area contributed by atoms with Crippen LogP contribution < -0.4 is 9.80 Å². The van der Waals surface area contributed by atoms with Crippen molar-refractivity contribution in [2.24, 2.45) is 0 Å². The maximum atomic E-state index is 14.3. The number of hydrogen-bond donors (Lipinski definition) is 2. The monoisotopic (exact) mass is 1100 g/mol. The minimum absolute atomic E-state index is 0.0816. The van der Waals surface area contributed by atoms with Crippen molar-refractivity contribution in [3.05, 3.63) is 148 Å². The number of allylic oxidation sites excluding steroid dienone is 5. The van der Waals surface area contributed by atoms with Crippen LogP contribution in [0.25, 0.3) is 36.5 Å². The van der Waals surface area contributed by atoms with Gasteiger partial charge in [0.25, 0.3) is 11.8 Å². The minimum atomic E-state index is -0.401. The highest BCUT2D eigenvalue weighted by atomic mass is 32.1. The van der Waals surface area contributed by atoms with E-state index < -0.39 is 11.8 Å². The fraction of sp³-hybridized carbons (Fsp3) is 0.431. The molecule has 0 spiro atoms. The van der Waals surface area contributed by atoms with Crippen molar-refractivity contribution in [3.8, 4) is 0 Å². The summed E-state index contributed by atoms with van der Waals surface area (Å²) in [7, 11) is 0. The molecule has 0 bridgehead atoms. The summed E-state index contributed by atoms with van der Waals surface area (Å²) in [5, 5.41) is 19.4. The Morgan fingerprint density at radius 3 is 1.14 bits per heavy atom. The molecule has 4 aromatic rings. The fourth-order valence-corrected chi connectivity index (χ4v) is 12.7. The van der Waals surface area contributed by atoms with Gasteiger partial charge in [-0.2, -0.15) is 0 Å². The highest BCUT2D eigenvalue weighted by Crippen LogP contribution is 2.38. The summed E-state index contributed by atoms with van der Waals surface area (Å²) in [6, 6.07) is 17.1. The number of amides is 2. The largest absolute Gasteiger partial charge is 0.457 e. The van der Waals surface area contributed by atoms with Gasteiger partial charge in [0.15, 0.2) is 5.11 Å². The molecule has 2 aliphatic rings. The number of ether oxygens (including phenoxy) is 1. The molecule has 0 radical (unpaired) electrons. The zero-order valence-electron chi connectivity index (χ0n) is 47.2. The van der Waals surface area contributed by atoms with Gasteiger partial charge in [-0.05, 0) is 198 Å². The molecule has 12 heteroatoms. The van der Waals surface area contributed by atoms with Crippen LogP contribution in [0.2, 0.25) is 0 Å². The smallest absolute Gasteiger partial charge is 0.266 e. The second-order valence-corrected chi connectivity index (χ2v) is 22.1. The van der Waals surface area contributed by atoms with Crippen LogP contribution in [-0.4, -0.2) is 89.4 Å². The van der Waals surface area contributed by atoms with Crippen LogP contribution in [0, 0.1) is 0 Å². The lowest BCUT2D eigenvalue weighted by Gasteiger charge is -2.36. The van der Waals surface area contributed by atoms with Crippen LogP contribution >= 0.6 is 34.9 Å². The number of carbonyl (C=O) groups is 2. The Morgan fingerprint density at radius 2 is 0.844 bits per heavy atom. The van der Waals surface area contributed by atoms with E-state index in [4.69, 9.17) is 17.0 Å². The molecule has 1 saturated heterocycles. The Kier molecular flexibility index (Phi) is 24.5. The summed E-state index contributed by atoms with van der Waals surface area (Å²) in [5.41, 5.74) is 10.5. The van der Waals surface area contributed by atoms with E-state index in [1.807, 2.05) is 38.2 Å². The highest BCUT2D eigenvalue weighted by Gasteiger charge is 2.40. The first-order valence-corrected chi connectivity index (χ1v) is 30.5. The number of carbonyl (C=O) groups excluding carboxylic acids is 2. The van der Waals surface area contributed by atoms with Gasteiger partial charge >= 0.3 is 0 Å². The molecule has 77 heavy (non-hydrogen) atoms. The third kappa shape index (κ3) is 15.8. The molecule has 0 unspecified atom stereocenters. The SMILES string of the molecule is CCCCc1c(/C=C/C2=CC(=C3C(=O)N(CC)C(=S)N(CC)C3=O)C=C(/C=C/c3sc(/C=C/c4ccc(N(CC)CCO)cc4)c(CCCC)c3CCCC)O2)sc(/C=C/c2ccc(N(CC)CCO)cc2)c1CCCC. The Bertz CT molecular complexity index is 2640. The first-order valence-electron chi connectivity index (χ1n) is 28.5. The molecule has 9 nitrogen and oxygen atoms in total. The molecule has 2 aliphatic heterocycles. The van der Waals surface area contributed by atoms with Gasteiger partial charge in [-0.3, -0.25) is 19.4 Å². The van der Waals surface area contributed by atoms with Gasteiger partial charge in [-0.15, -0.1) is 22.7 Å². The van der Waals surface area contributed by atoms with E-state index in [1.54, 1.807) is 22.7 Å². The Labute approximate surface area is 474 Å². The number of unbranched alkanes of at least 4 members (excludes halogenated alkanes) is 4. The molecule has 1 fully saturated rings. The van der Waals surface area contributed by atoms with E-state index in [1.165, 1.54) is 51.6 Å². The summed E-state index contributed by atoms with van der Waals surface area (Å²) < 4.78 is 6.79. The van der Waals surface area contributed by atoms with Gasteiger partial charge in [-0.1, -0.05) is 89.8 Å². The third-order valence-electron chi connectivity index (χ3n) is 14.3. The van der Waals surface area contributed by atoms with Crippen LogP contribution in [0.5, 0.6) is 0 Å². The van der Waals surface area contributed by atoms with Crippen molar-refractivity contribution in [2.45, 2.75) is 132 Å². The van der Waals surface area contributed by atoms with E-state index in [9.17, 15) is 19.8 Å². The van der Waals surface area contributed by atoms with Gasteiger partial charge in [-0.25, -0.2) is 0 Å². The Balaban J connectivity index is 1.43. The quantitative estimate of drug-likeness (QED) is 0.0303. The van der Waals surface area contributed by atoms with Gasteiger partial charge in [0.2, 0.25) is 0 Å². The number of hydrogen-bond acceptors (Lipinski definition) is 10. The van der Waals surface area contributed by atoms with Crippen LogP contribution in [0.3, 0.4) is 0 Å². The Morgan fingerprint density at radius 1 is 0.506 bits per heavy atom. The van der Waals surface area contributed by atoms with E-state index in [0.29, 0.717) is 43.3 Å². The summed E-state index contributed by atoms with van der Waals surface area (Å²) in [6.45, 7) is 20.7. The number of thiocarbonyl (C=S) groups is 1. The predicted octanol–water partition coefficient (Wildman–Crippen LogP) is 15.0. The van der Waals surface area contributed by atoms with Crippen molar-refractivity contribution in [1.82, 2.24) is 9.80 Å². The number of rotatable bonds is 30. The Hall–Kier alpha value is -5.63. The van der Waals surface area contributed by atoms with Crippen LogP contribution in [0.15, 0.2) is 95.5 Å². The number of likely N-dealkylation sites (N-methyl/N-ethyl adjacent to an activating group) is 4. The molecule has 2 aromatic heterocycles.